The van der Waals surface area contributed by atoms with Crippen LogP contribution in [-0.4, -0.2) is 24.8 Å². The molecule has 0 aliphatic rings. The fourth-order valence-corrected chi connectivity index (χ4v) is 2.62. The molecule has 0 radical (unpaired) electrons. The number of hydrogen-bond acceptors (Lipinski definition) is 6. The van der Waals surface area contributed by atoms with Crippen molar-refractivity contribution < 1.29 is 4.74 Å². The molecule has 0 saturated carbocycles. The van der Waals surface area contributed by atoms with Gasteiger partial charge in [-0.3, -0.25) is 4.98 Å². The second-order valence-electron chi connectivity index (χ2n) is 4.24. The Kier molecular flexibility index (Phi) is 2.82. The van der Waals surface area contributed by atoms with Crippen LogP contribution in [0.4, 0.5) is 0 Å². The first-order valence-electron chi connectivity index (χ1n) is 6.26. The summed E-state index contributed by atoms with van der Waals surface area (Å²) in [6.45, 7) is 0. The van der Waals surface area contributed by atoms with Gasteiger partial charge in [0.25, 0.3) is 5.19 Å². The Labute approximate surface area is 123 Å². The minimum absolute atomic E-state index is 0.529. The summed E-state index contributed by atoms with van der Waals surface area (Å²) in [6, 6.07) is 13.3. The molecule has 3 heterocycles. The Morgan fingerprint density at radius 1 is 0.952 bits per heavy atom. The fourth-order valence-electron chi connectivity index (χ4n) is 1.91. The van der Waals surface area contributed by atoms with Gasteiger partial charge < -0.3 is 4.74 Å². The van der Waals surface area contributed by atoms with Crippen molar-refractivity contribution in [2.24, 2.45) is 0 Å². The summed E-state index contributed by atoms with van der Waals surface area (Å²) < 4.78 is 7.40. The van der Waals surface area contributed by atoms with E-state index in [1.54, 1.807) is 16.9 Å². The van der Waals surface area contributed by atoms with Gasteiger partial charge in [0.2, 0.25) is 4.96 Å². The molecule has 21 heavy (non-hydrogen) atoms. The van der Waals surface area contributed by atoms with E-state index in [-0.39, 0.29) is 0 Å². The van der Waals surface area contributed by atoms with Crippen LogP contribution in [0.1, 0.15) is 0 Å². The third kappa shape index (κ3) is 2.23. The maximum absolute atomic E-state index is 5.72. The van der Waals surface area contributed by atoms with E-state index in [2.05, 4.69) is 20.3 Å². The monoisotopic (exact) mass is 295 g/mol. The summed E-state index contributed by atoms with van der Waals surface area (Å²) in [5.74, 6) is 1.42. The van der Waals surface area contributed by atoms with Gasteiger partial charge in [-0.15, -0.1) is 15.3 Å². The van der Waals surface area contributed by atoms with Gasteiger partial charge >= 0.3 is 0 Å². The molecule has 0 bridgehead atoms. The molecule has 0 atom stereocenters. The Morgan fingerprint density at radius 2 is 1.76 bits per heavy atom. The molecule has 6 nitrogen and oxygen atoms in total. The quantitative estimate of drug-likeness (QED) is 0.581. The van der Waals surface area contributed by atoms with Gasteiger partial charge in [0.1, 0.15) is 5.75 Å². The molecule has 0 spiro atoms. The molecule has 102 valence electrons. The Hall–Kier alpha value is -2.80. The largest absolute Gasteiger partial charge is 0.430 e. The first kappa shape index (κ1) is 12.0. The number of benzene rings is 1. The third-order valence-corrected chi connectivity index (χ3v) is 3.64. The molecule has 0 fully saturated rings. The van der Waals surface area contributed by atoms with Crippen LogP contribution < -0.4 is 4.74 Å². The van der Waals surface area contributed by atoms with E-state index in [0.29, 0.717) is 16.0 Å². The zero-order valence-electron chi connectivity index (χ0n) is 10.7. The van der Waals surface area contributed by atoms with Gasteiger partial charge in [0.15, 0.2) is 5.82 Å². The number of ether oxygens (including phenoxy) is 1. The Balaban J connectivity index is 1.73. The van der Waals surface area contributed by atoms with Gasteiger partial charge in [-0.25, -0.2) is 0 Å². The van der Waals surface area contributed by atoms with E-state index in [1.165, 1.54) is 11.3 Å². The highest BCUT2D eigenvalue weighted by Gasteiger charge is 2.14. The molecule has 4 aromatic rings. The molecule has 4 rings (SSSR count). The Bertz CT molecular complexity index is 872. The van der Waals surface area contributed by atoms with Crippen molar-refractivity contribution in [2.75, 3.05) is 0 Å². The lowest BCUT2D eigenvalue weighted by atomic mass is 10.2. The minimum atomic E-state index is 0.529. The zero-order chi connectivity index (χ0) is 14.1. The van der Waals surface area contributed by atoms with Crippen LogP contribution in [0.15, 0.2) is 54.9 Å². The van der Waals surface area contributed by atoms with Crippen molar-refractivity contribution in [2.45, 2.75) is 0 Å². The van der Waals surface area contributed by atoms with Crippen molar-refractivity contribution in [3.8, 4) is 22.3 Å². The normalized spacial score (nSPS) is 10.9. The molecule has 0 aliphatic carbocycles. The highest BCUT2D eigenvalue weighted by molar-refractivity contribution is 7.18. The molecule has 0 aliphatic heterocycles. The topological polar surface area (TPSA) is 65.2 Å². The van der Waals surface area contributed by atoms with Crippen molar-refractivity contribution in [3.05, 3.63) is 54.9 Å². The first-order valence-corrected chi connectivity index (χ1v) is 7.07. The van der Waals surface area contributed by atoms with Gasteiger partial charge in [0.05, 0.1) is 0 Å². The standard InChI is InChI=1S/C14H9N5OS/c1-2-4-11(5-3-1)20-14-18-19-12(16-17-13(19)21-14)10-6-8-15-9-7-10/h1-9H. The third-order valence-electron chi connectivity index (χ3n) is 2.86. The highest BCUT2D eigenvalue weighted by atomic mass is 32.1. The first-order chi connectivity index (χ1) is 10.4. The summed E-state index contributed by atoms with van der Waals surface area (Å²) in [6.07, 6.45) is 3.42. The number of para-hydroxylation sites is 1. The predicted octanol–water partition coefficient (Wildman–Crippen LogP) is 3.04. The number of fused-ring (bicyclic) bond motifs is 1. The highest BCUT2D eigenvalue weighted by Crippen LogP contribution is 2.28. The SMILES string of the molecule is c1ccc(Oc2nn3c(-c4ccncc4)nnc3s2)cc1. The van der Waals surface area contributed by atoms with Crippen LogP contribution >= 0.6 is 11.3 Å². The Morgan fingerprint density at radius 3 is 2.57 bits per heavy atom. The van der Waals surface area contributed by atoms with Crippen LogP contribution in [0.2, 0.25) is 0 Å². The van der Waals surface area contributed by atoms with Gasteiger partial charge in [-0.05, 0) is 35.6 Å². The van der Waals surface area contributed by atoms with Crippen molar-refractivity contribution in [3.63, 3.8) is 0 Å². The lowest BCUT2D eigenvalue weighted by Crippen LogP contribution is -1.91. The van der Waals surface area contributed by atoms with Crippen LogP contribution in [0.5, 0.6) is 10.9 Å². The number of rotatable bonds is 3. The number of nitrogens with zero attached hydrogens (tertiary/aromatic N) is 5. The second-order valence-corrected chi connectivity index (χ2v) is 5.16. The lowest BCUT2D eigenvalue weighted by molar-refractivity contribution is 0.470. The molecule has 3 aromatic heterocycles. The van der Waals surface area contributed by atoms with Gasteiger partial charge in [-0.1, -0.05) is 18.2 Å². The lowest BCUT2D eigenvalue weighted by Gasteiger charge is -1.99. The number of hydrogen-bond donors (Lipinski definition) is 0. The molecular formula is C14H9N5OS. The summed E-state index contributed by atoms with van der Waals surface area (Å²) in [7, 11) is 0. The van der Waals surface area contributed by atoms with E-state index >= 15 is 0 Å². The maximum atomic E-state index is 5.72. The van der Waals surface area contributed by atoms with E-state index in [1.807, 2.05) is 42.5 Å². The molecule has 0 N–H and O–H groups in total. The maximum Gasteiger partial charge on any atom is 0.299 e. The van der Waals surface area contributed by atoms with Crippen molar-refractivity contribution >= 4 is 16.3 Å². The van der Waals surface area contributed by atoms with Gasteiger partial charge in [0, 0.05) is 18.0 Å². The van der Waals surface area contributed by atoms with E-state index in [4.69, 9.17) is 4.74 Å². The van der Waals surface area contributed by atoms with Gasteiger partial charge in [-0.2, -0.15) is 4.52 Å². The molecule has 0 unspecified atom stereocenters. The van der Waals surface area contributed by atoms with Crippen LogP contribution in [-0.2, 0) is 0 Å². The summed E-state index contributed by atoms with van der Waals surface area (Å²) in [5.41, 5.74) is 0.911. The molecule has 1 aromatic carbocycles. The summed E-state index contributed by atoms with van der Waals surface area (Å²) >= 11 is 1.35. The molecule has 7 heteroatoms. The number of pyridine rings is 1. The summed E-state index contributed by atoms with van der Waals surface area (Å²) in [5, 5.41) is 13.2. The smallest absolute Gasteiger partial charge is 0.299 e. The summed E-state index contributed by atoms with van der Waals surface area (Å²) in [4.78, 5) is 4.68. The minimum Gasteiger partial charge on any atom is -0.430 e. The second kappa shape index (κ2) is 4.95. The van der Waals surface area contributed by atoms with E-state index < -0.39 is 0 Å². The molecule has 0 amide bonds. The fraction of sp³-hybridized carbons (Fsp3) is 0. The molecular weight excluding hydrogens is 286 g/mol. The average molecular weight is 295 g/mol. The molecule has 0 saturated heterocycles. The van der Waals surface area contributed by atoms with Crippen LogP contribution in [0, 0.1) is 0 Å². The van der Waals surface area contributed by atoms with E-state index in [0.717, 1.165) is 11.3 Å². The predicted molar refractivity (Wildman–Crippen MR) is 78.4 cm³/mol. The average Bonchev–Trinajstić information content (AvgIpc) is 3.09. The van der Waals surface area contributed by atoms with Crippen molar-refractivity contribution in [1.29, 1.82) is 0 Å². The number of aromatic nitrogens is 5. The van der Waals surface area contributed by atoms with E-state index in [9.17, 15) is 0 Å². The van der Waals surface area contributed by atoms with Crippen molar-refractivity contribution in [1.82, 2.24) is 24.8 Å². The van der Waals surface area contributed by atoms with Crippen LogP contribution in [0.25, 0.3) is 16.3 Å². The van der Waals surface area contributed by atoms with Crippen LogP contribution in [0.3, 0.4) is 0 Å². The zero-order valence-corrected chi connectivity index (χ0v) is 11.6.